The van der Waals surface area contributed by atoms with Gasteiger partial charge in [-0.15, -0.1) is 0 Å². The number of hydrogen-bond acceptors (Lipinski definition) is 4. The van der Waals surface area contributed by atoms with Crippen molar-refractivity contribution in [3.05, 3.63) is 253 Å². The van der Waals surface area contributed by atoms with E-state index in [1.165, 1.54) is 38.9 Å². The molecule has 0 atom stereocenters. The van der Waals surface area contributed by atoms with Gasteiger partial charge in [0.2, 0.25) is 0 Å². The lowest BCUT2D eigenvalue weighted by Gasteiger charge is -2.30. The second kappa shape index (κ2) is 14.1. The largest absolute Gasteiger partial charge is 0.454 e. The molecule has 0 saturated heterocycles. The zero-order valence-electron chi connectivity index (χ0n) is 35.6. The van der Waals surface area contributed by atoms with Crippen LogP contribution in [0.3, 0.4) is 0 Å². The number of hydrogen-bond donors (Lipinski definition) is 0. The highest BCUT2D eigenvalue weighted by Gasteiger charge is 2.54. The minimum atomic E-state index is -0.616. The summed E-state index contributed by atoms with van der Waals surface area (Å²) < 4.78 is 9.18. The molecule has 0 saturated carbocycles. The van der Waals surface area contributed by atoms with E-state index in [0.717, 1.165) is 78.2 Å². The summed E-state index contributed by atoms with van der Waals surface area (Å²) in [7, 11) is 0. The molecule has 5 heteroatoms. The lowest BCUT2D eigenvalue weighted by atomic mass is 9.70. The van der Waals surface area contributed by atoms with Crippen molar-refractivity contribution in [2.45, 2.75) is 5.41 Å². The molecule has 3 aromatic heterocycles. The van der Waals surface area contributed by atoms with Gasteiger partial charge in [0.15, 0.2) is 11.4 Å². The Balaban J connectivity index is 1.13. The van der Waals surface area contributed by atoms with E-state index in [9.17, 15) is 0 Å². The van der Waals surface area contributed by atoms with Gasteiger partial charge in [0.05, 0.1) is 28.0 Å². The molecule has 0 amide bonds. The molecule has 0 unspecified atom stereocenters. The molecule has 0 N–H and O–H groups in total. The van der Waals surface area contributed by atoms with Crippen LogP contribution < -0.4 is 4.90 Å². The first-order chi connectivity index (χ1) is 32.8. The highest BCUT2D eigenvalue weighted by Crippen LogP contribution is 2.65. The van der Waals surface area contributed by atoms with Crippen molar-refractivity contribution in [3.63, 3.8) is 0 Å². The molecular formula is C61H38N4O. The molecule has 5 nitrogen and oxygen atoms in total. The number of anilines is 3. The minimum absolute atomic E-state index is 0.616. The summed E-state index contributed by atoms with van der Waals surface area (Å²) in [6, 6.07) is 82.4. The van der Waals surface area contributed by atoms with Crippen LogP contribution in [0.5, 0.6) is 0 Å². The summed E-state index contributed by atoms with van der Waals surface area (Å²) in [6.45, 7) is 0. The van der Waals surface area contributed by atoms with Gasteiger partial charge in [-0.2, -0.15) is 0 Å². The Morgan fingerprint density at radius 2 is 1.03 bits per heavy atom. The van der Waals surface area contributed by atoms with Crippen LogP contribution in [-0.2, 0) is 5.41 Å². The highest BCUT2D eigenvalue weighted by molar-refractivity contribution is 6.11. The maximum absolute atomic E-state index is 6.76. The lowest BCUT2D eigenvalue weighted by Crippen LogP contribution is -2.25. The van der Waals surface area contributed by atoms with Crippen molar-refractivity contribution in [1.82, 2.24) is 14.5 Å². The fraction of sp³-hybridized carbons (Fsp3) is 0.0164. The summed E-state index contributed by atoms with van der Waals surface area (Å²) >= 11 is 0. The van der Waals surface area contributed by atoms with E-state index in [2.05, 4.69) is 228 Å². The average molecular weight is 843 g/mol. The Kier molecular flexibility index (Phi) is 7.83. The van der Waals surface area contributed by atoms with Gasteiger partial charge in [-0.3, -0.25) is 4.57 Å². The van der Waals surface area contributed by atoms with E-state index in [4.69, 9.17) is 14.4 Å². The van der Waals surface area contributed by atoms with E-state index in [0.29, 0.717) is 5.82 Å². The quantitative estimate of drug-likeness (QED) is 0.167. The van der Waals surface area contributed by atoms with Gasteiger partial charge in [-0.25, -0.2) is 9.97 Å². The number of aromatic nitrogens is 3. The van der Waals surface area contributed by atoms with Crippen LogP contribution in [0.1, 0.15) is 22.3 Å². The van der Waals surface area contributed by atoms with E-state index >= 15 is 0 Å². The molecule has 3 heterocycles. The van der Waals surface area contributed by atoms with Crippen molar-refractivity contribution in [2.75, 3.05) is 4.90 Å². The molecule has 0 radical (unpaired) electrons. The average Bonchev–Trinajstić information content (AvgIpc) is 4.11. The van der Waals surface area contributed by atoms with E-state index in [-0.39, 0.29) is 0 Å². The first-order valence-electron chi connectivity index (χ1n) is 22.5. The zero-order valence-corrected chi connectivity index (χ0v) is 35.6. The lowest BCUT2D eigenvalue weighted by molar-refractivity contribution is 0.669. The molecule has 66 heavy (non-hydrogen) atoms. The van der Waals surface area contributed by atoms with E-state index < -0.39 is 5.41 Å². The van der Waals surface area contributed by atoms with Gasteiger partial charge in [-0.1, -0.05) is 182 Å². The second-order valence-electron chi connectivity index (χ2n) is 17.2. The second-order valence-corrected chi connectivity index (χ2v) is 17.2. The van der Waals surface area contributed by atoms with Crippen LogP contribution in [0.25, 0.3) is 83.7 Å². The Morgan fingerprint density at radius 3 is 1.76 bits per heavy atom. The molecule has 0 fully saturated rings. The summed E-state index contributed by atoms with van der Waals surface area (Å²) in [6.07, 6.45) is 0. The summed E-state index contributed by atoms with van der Waals surface area (Å²) in [4.78, 5) is 13.1. The highest BCUT2D eigenvalue weighted by atomic mass is 16.3. The number of furan rings is 1. The van der Waals surface area contributed by atoms with Crippen molar-refractivity contribution >= 4 is 49.9 Å². The fourth-order valence-corrected chi connectivity index (χ4v) is 11.2. The van der Waals surface area contributed by atoms with Crippen LogP contribution >= 0.6 is 0 Å². The van der Waals surface area contributed by atoms with Gasteiger partial charge < -0.3 is 9.32 Å². The van der Waals surface area contributed by atoms with Crippen molar-refractivity contribution in [2.24, 2.45) is 0 Å². The Hall–Kier alpha value is -8.80. The molecule has 14 rings (SSSR count). The summed E-state index contributed by atoms with van der Waals surface area (Å²) in [5, 5.41) is 3.32. The van der Waals surface area contributed by atoms with E-state index in [1.807, 2.05) is 12.1 Å². The van der Waals surface area contributed by atoms with Crippen molar-refractivity contribution < 1.29 is 4.42 Å². The monoisotopic (exact) mass is 842 g/mol. The van der Waals surface area contributed by atoms with Crippen LogP contribution in [0, 0.1) is 0 Å². The number of benzene rings is 9. The number of fused-ring (bicyclic) bond motifs is 15. The fourth-order valence-electron chi connectivity index (χ4n) is 11.2. The van der Waals surface area contributed by atoms with Crippen LogP contribution in [0.2, 0.25) is 0 Å². The van der Waals surface area contributed by atoms with Crippen LogP contribution in [0.4, 0.5) is 17.1 Å². The zero-order chi connectivity index (χ0) is 43.3. The van der Waals surface area contributed by atoms with Gasteiger partial charge in [0.1, 0.15) is 11.4 Å². The number of nitrogens with zero attached hydrogens (tertiary/aromatic N) is 4. The van der Waals surface area contributed by atoms with Gasteiger partial charge in [0, 0.05) is 55.9 Å². The molecule has 308 valence electrons. The number of rotatable bonds is 6. The van der Waals surface area contributed by atoms with Gasteiger partial charge >= 0.3 is 0 Å². The molecule has 0 aliphatic heterocycles. The summed E-state index contributed by atoms with van der Waals surface area (Å²) in [5.74, 6) is 1.48. The SMILES string of the molecule is c1ccc(-c2cc(-n3c4c(c5cc(N(c6ccccc6)c6cccc7c6oc6ccccc67)ccc53)C3(c5ccccc5-c5ccccc53)c3ccccc3-4)nc(-c3ccccc3)n2)cc1. The standard InChI is InChI=1S/C61H38N4O/c1-4-19-39(20-5-1)52-38-56(63-60(62-52)40-21-6-2-7-22-40)65-53-36-35-42(64(41-23-8-3-9-24-41)54-33-18-29-46-45-27-13-17-34-55(45)66-59(46)54)37-48(53)57-58(65)47-28-12-16-32-51(47)61(57)49-30-14-10-25-43(49)44-26-11-15-31-50(44)61/h1-38H. The Morgan fingerprint density at radius 1 is 0.439 bits per heavy atom. The van der Waals surface area contributed by atoms with E-state index in [1.54, 1.807) is 0 Å². The maximum atomic E-state index is 6.76. The maximum Gasteiger partial charge on any atom is 0.162 e. The molecule has 12 aromatic rings. The molecule has 9 aromatic carbocycles. The van der Waals surface area contributed by atoms with Crippen LogP contribution in [-0.4, -0.2) is 14.5 Å². The van der Waals surface area contributed by atoms with Crippen LogP contribution in [0.15, 0.2) is 235 Å². The third-order valence-corrected chi connectivity index (χ3v) is 13.8. The molecule has 0 bridgehead atoms. The third kappa shape index (κ3) is 5.11. The first-order valence-corrected chi connectivity index (χ1v) is 22.5. The smallest absolute Gasteiger partial charge is 0.162 e. The normalized spacial score (nSPS) is 13.0. The summed E-state index contributed by atoms with van der Waals surface area (Å²) in [5.41, 5.74) is 17.9. The minimum Gasteiger partial charge on any atom is -0.454 e. The van der Waals surface area contributed by atoms with Crippen molar-refractivity contribution in [1.29, 1.82) is 0 Å². The predicted octanol–water partition coefficient (Wildman–Crippen LogP) is 15.5. The predicted molar refractivity (Wildman–Crippen MR) is 268 cm³/mol. The van der Waals surface area contributed by atoms with Gasteiger partial charge in [-0.05, 0) is 70.3 Å². The van der Waals surface area contributed by atoms with Gasteiger partial charge in [0.25, 0.3) is 0 Å². The first kappa shape index (κ1) is 36.7. The number of para-hydroxylation sites is 3. The van der Waals surface area contributed by atoms with Crippen molar-refractivity contribution in [3.8, 4) is 50.8 Å². The Labute approximate surface area is 381 Å². The third-order valence-electron chi connectivity index (χ3n) is 13.8. The molecule has 2 aliphatic rings. The Bertz CT molecular complexity index is 3790. The molecular weight excluding hydrogens is 805 g/mol. The topological polar surface area (TPSA) is 47.1 Å². The molecule has 2 aliphatic carbocycles. The molecule has 1 spiro atoms.